The molecule has 2 saturated heterocycles. The number of hydrogen-bond donors (Lipinski definition) is 1. The Morgan fingerprint density at radius 3 is 2.37 bits per heavy atom. The van der Waals surface area contributed by atoms with Crippen LogP contribution in [0.5, 0.6) is 0 Å². The van der Waals surface area contributed by atoms with Gasteiger partial charge in [0.05, 0.1) is 6.04 Å². The normalized spacial score (nSPS) is 31.2. The number of nitrogens with one attached hydrogen (secondary N) is 1. The first kappa shape index (κ1) is 14.8. The van der Waals surface area contributed by atoms with E-state index >= 15 is 0 Å². The minimum atomic E-state index is 0.0829. The lowest BCUT2D eigenvalue weighted by atomic mass is 9.74. The van der Waals surface area contributed by atoms with E-state index in [2.05, 4.69) is 31.0 Å². The van der Waals surface area contributed by atoms with Crippen LogP contribution >= 0.6 is 0 Å². The van der Waals surface area contributed by atoms with Crippen LogP contribution in [0.25, 0.3) is 0 Å². The molecule has 2 heterocycles. The molecule has 0 aromatic rings. The molecule has 1 N–H and O–H groups in total. The third-order valence-electron chi connectivity index (χ3n) is 5.55. The van der Waals surface area contributed by atoms with Gasteiger partial charge in [0, 0.05) is 19.1 Å². The van der Waals surface area contributed by atoms with Crippen molar-refractivity contribution >= 4 is 5.91 Å². The number of hydrogen-bond acceptors (Lipinski definition) is 2. The van der Waals surface area contributed by atoms with E-state index in [-0.39, 0.29) is 6.04 Å². The van der Waals surface area contributed by atoms with Crippen LogP contribution in [0.2, 0.25) is 0 Å². The zero-order chi connectivity index (χ0) is 13.9. The molecule has 2 aliphatic rings. The Hall–Kier alpha value is -0.570. The van der Waals surface area contributed by atoms with Crippen LogP contribution in [-0.4, -0.2) is 36.0 Å². The van der Waals surface area contributed by atoms with Crippen LogP contribution in [0.1, 0.15) is 65.7 Å². The highest BCUT2D eigenvalue weighted by Gasteiger charge is 2.35. The van der Waals surface area contributed by atoms with Crippen LogP contribution in [0.3, 0.4) is 0 Å². The topological polar surface area (TPSA) is 32.3 Å². The number of carbonyl (C=O) groups is 1. The molecule has 19 heavy (non-hydrogen) atoms. The van der Waals surface area contributed by atoms with Gasteiger partial charge < -0.3 is 10.2 Å². The summed E-state index contributed by atoms with van der Waals surface area (Å²) in [4.78, 5) is 14.7. The summed E-state index contributed by atoms with van der Waals surface area (Å²) in [5, 5.41) is 3.47. The molecule has 2 atom stereocenters. The van der Waals surface area contributed by atoms with Gasteiger partial charge in [-0.05, 0) is 44.4 Å². The van der Waals surface area contributed by atoms with Crippen molar-refractivity contribution in [3.05, 3.63) is 0 Å². The summed E-state index contributed by atoms with van der Waals surface area (Å²) in [6.07, 6.45) is 8.30. The number of rotatable bonds is 3. The molecule has 2 fully saturated rings. The van der Waals surface area contributed by atoms with E-state index in [1.807, 2.05) is 0 Å². The van der Waals surface area contributed by atoms with E-state index in [0.29, 0.717) is 17.4 Å². The summed E-state index contributed by atoms with van der Waals surface area (Å²) in [6, 6.07) is 0.581. The van der Waals surface area contributed by atoms with Crippen LogP contribution < -0.4 is 5.32 Å². The van der Waals surface area contributed by atoms with E-state index in [1.54, 1.807) is 0 Å². The Bertz CT molecular complexity index is 302. The van der Waals surface area contributed by atoms with Gasteiger partial charge in [-0.1, -0.05) is 26.7 Å². The second-order valence-electron chi connectivity index (χ2n) is 6.58. The highest BCUT2D eigenvalue weighted by Crippen LogP contribution is 2.38. The van der Waals surface area contributed by atoms with Gasteiger partial charge >= 0.3 is 0 Å². The molecule has 0 bridgehead atoms. The second kappa shape index (κ2) is 6.25. The smallest absolute Gasteiger partial charge is 0.239 e. The zero-order valence-electron chi connectivity index (χ0n) is 12.9. The molecule has 0 aromatic carbocycles. The van der Waals surface area contributed by atoms with Gasteiger partial charge in [0.1, 0.15) is 0 Å². The minimum Gasteiger partial charge on any atom is -0.341 e. The van der Waals surface area contributed by atoms with Crippen molar-refractivity contribution in [2.75, 3.05) is 13.1 Å². The average molecular weight is 266 g/mol. The maximum atomic E-state index is 12.5. The first-order valence-electron chi connectivity index (χ1n) is 8.15. The Morgan fingerprint density at radius 2 is 1.84 bits per heavy atom. The van der Waals surface area contributed by atoms with Gasteiger partial charge in [0.2, 0.25) is 5.91 Å². The van der Waals surface area contributed by atoms with Crippen molar-refractivity contribution in [2.24, 2.45) is 5.41 Å². The van der Waals surface area contributed by atoms with E-state index in [4.69, 9.17) is 0 Å². The highest BCUT2D eigenvalue weighted by molar-refractivity contribution is 5.82. The Balaban J connectivity index is 1.88. The summed E-state index contributed by atoms with van der Waals surface area (Å²) in [7, 11) is 0. The van der Waals surface area contributed by atoms with Crippen LogP contribution in [0.4, 0.5) is 0 Å². The summed E-state index contributed by atoms with van der Waals surface area (Å²) in [5.74, 6) is 0.354. The molecule has 2 aliphatic heterocycles. The first-order chi connectivity index (χ1) is 9.10. The van der Waals surface area contributed by atoms with Crippen LogP contribution in [0.15, 0.2) is 0 Å². The van der Waals surface area contributed by atoms with Crippen LogP contribution in [0, 0.1) is 5.41 Å². The molecule has 0 aromatic heterocycles. The van der Waals surface area contributed by atoms with Gasteiger partial charge in [0.25, 0.3) is 0 Å². The Labute approximate surface area is 118 Å². The Kier molecular flexibility index (Phi) is 4.88. The molecule has 3 nitrogen and oxygen atoms in total. The molecule has 0 aliphatic carbocycles. The molecule has 3 heteroatoms. The fraction of sp³-hybridized carbons (Fsp3) is 0.938. The van der Waals surface area contributed by atoms with Crippen molar-refractivity contribution in [3.8, 4) is 0 Å². The molecule has 1 amide bonds. The minimum absolute atomic E-state index is 0.0829. The number of piperidine rings is 2. The zero-order valence-corrected chi connectivity index (χ0v) is 12.9. The standard InChI is InChI=1S/C16H30N2O/c1-4-16(5-2)9-11-18(12-10-16)15(19)14-8-6-7-13(3)17-14/h13-14,17H,4-12H2,1-3H3. The van der Waals surface area contributed by atoms with Gasteiger partial charge in [-0.3, -0.25) is 4.79 Å². The number of carbonyl (C=O) groups excluding carboxylic acids is 1. The molecule has 0 saturated carbocycles. The van der Waals surface area contributed by atoms with Gasteiger partial charge in [-0.25, -0.2) is 0 Å². The summed E-state index contributed by atoms with van der Waals surface area (Å²) in [5.41, 5.74) is 0.504. The molecule has 110 valence electrons. The fourth-order valence-electron chi connectivity index (χ4n) is 3.71. The van der Waals surface area contributed by atoms with Crippen molar-refractivity contribution in [2.45, 2.75) is 77.8 Å². The Morgan fingerprint density at radius 1 is 1.21 bits per heavy atom. The fourth-order valence-corrected chi connectivity index (χ4v) is 3.71. The molecule has 0 spiro atoms. The van der Waals surface area contributed by atoms with E-state index in [1.165, 1.54) is 38.5 Å². The summed E-state index contributed by atoms with van der Waals surface area (Å²) >= 11 is 0. The largest absolute Gasteiger partial charge is 0.341 e. The van der Waals surface area contributed by atoms with E-state index < -0.39 is 0 Å². The average Bonchev–Trinajstić information content (AvgIpc) is 2.46. The van der Waals surface area contributed by atoms with E-state index in [9.17, 15) is 4.79 Å². The second-order valence-corrected chi connectivity index (χ2v) is 6.58. The number of likely N-dealkylation sites (tertiary alicyclic amines) is 1. The quantitative estimate of drug-likeness (QED) is 0.852. The maximum Gasteiger partial charge on any atom is 0.239 e. The predicted octanol–water partition coefficient (Wildman–Crippen LogP) is 2.95. The van der Waals surface area contributed by atoms with Gasteiger partial charge in [0.15, 0.2) is 0 Å². The number of nitrogens with zero attached hydrogens (tertiary/aromatic N) is 1. The van der Waals surface area contributed by atoms with Crippen molar-refractivity contribution in [1.82, 2.24) is 10.2 Å². The lowest BCUT2D eigenvalue weighted by molar-refractivity contribution is -0.136. The highest BCUT2D eigenvalue weighted by atomic mass is 16.2. The molecular formula is C16H30N2O. The molecule has 0 radical (unpaired) electrons. The maximum absolute atomic E-state index is 12.5. The lowest BCUT2D eigenvalue weighted by Crippen LogP contribution is -2.54. The summed E-state index contributed by atoms with van der Waals surface area (Å²) < 4.78 is 0. The van der Waals surface area contributed by atoms with Crippen molar-refractivity contribution in [3.63, 3.8) is 0 Å². The van der Waals surface area contributed by atoms with Gasteiger partial charge in [-0.15, -0.1) is 0 Å². The predicted molar refractivity (Wildman–Crippen MR) is 79.1 cm³/mol. The number of amides is 1. The third-order valence-corrected chi connectivity index (χ3v) is 5.55. The van der Waals surface area contributed by atoms with Crippen molar-refractivity contribution < 1.29 is 4.79 Å². The summed E-state index contributed by atoms with van der Waals surface area (Å²) in [6.45, 7) is 8.71. The van der Waals surface area contributed by atoms with E-state index in [0.717, 1.165) is 19.5 Å². The molecule has 2 rings (SSSR count). The van der Waals surface area contributed by atoms with Gasteiger partial charge in [-0.2, -0.15) is 0 Å². The first-order valence-corrected chi connectivity index (χ1v) is 8.15. The monoisotopic (exact) mass is 266 g/mol. The third kappa shape index (κ3) is 3.31. The van der Waals surface area contributed by atoms with Crippen molar-refractivity contribution in [1.29, 1.82) is 0 Å². The molecular weight excluding hydrogens is 236 g/mol. The molecule has 2 unspecified atom stereocenters. The lowest BCUT2D eigenvalue weighted by Gasteiger charge is -2.42. The SMILES string of the molecule is CCC1(CC)CCN(C(=O)C2CCCC(C)N2)CC1. The van der Waals surface area contributed by atoms with Crippen LogP contribution in [-0.2, 0) is 4.79 Å².